The van der Waals surface area contributed by atoms with Crippen molar-refractivity contribution in [3.8, 4) is 0 Å². The smallest absolute Gasteiger partial charge is 0.255 e. The van der Waals surface area contributed by atoms with Crippen molar-refractivity contribution in [3.05, 3.63) is 11.3 Å². The Labute approximate surface area is 223 Å². The number of aliphatic hydroxyl groups excluding tert-OH is 5. The summed E-state index contributed by atoms with van der Waals surface area (Å²) in [5, 5.41) is 68.0. The van der Waals surface area contributed by atoms with Crippen molar-refractivity contribution >= 4 is 11.7 Å². The van der Waals surface area contributed by atoms with E-state index in [0.717, 1.165) is 32.1 Å². The minimum Gasteiger partial charge on any atom is -0.511 e. The summed E-state index contributed by atoms with van der Waals surface area (Å²) in [6.45, 7) is 1.98. The molecule has 5 rings (SSSR count). The Hall–Kier alpha value is -1.56. The van der Waals surface area contributed by atoms with E-state index in [-0.39, 0.29) is 24.2 Å². The van der Waals surface area contributed by atoms with E-state index in [1.807, 2.05) is 6.92 Å². The van der Waals surface area contributed by atoms with E-state index in [4.69, 9.17) is 5.73 Å². The predicted molar refractivity (Wildman–Crippen MR) is 136 cm³/mol. The third-order valence-electron chi connectivity index (χ3n) is 11.4. The van der Waals surface area contributed by atoms with Gasteiger partial charge in [0.15, 0.2) is 5.60 Å². The quantitative estimate of drug-likeness (QED) is 0.238. The molecular weight excluding hydrogens is 492 g/mol. The zero-order valence-electron chi connectivity index (χ0n) is 22.5. The van der Waals surface area contributed by atoms with E-state index in [9.17, 15) is 40.2 Å². The maximum absolute atomic E-state index is 13.3. The van der Waals surface area contributed by atoms with E-state index in [1.54, 1.807) is 0 Å². The van der Waals surface area contributed by atoms with E-state index >= 15 is 0 Å². The van der Waals surface area contributed by atoms with Gasteiger partial charge >= 0.3 is 0 Å². The zero-order chi connectivity index (χ0) is 27.8. The van der Waals surface area contributed by atoms with Gasteiger partial charge in [-0.3, -0.25) is 9.59 Å². The van der Waals surface area contributed by atoms with Crippen LogP contribution in [0.3, 0.4) is 0 Å². The van der Waals surface area contributed by atoms with Gasteiger partial charge in [0, 0.05) is 30.2 Å². The second-order valence-electron chi connectivity index (χ2n) is 13.1. The molecule has 0 aliphatic heterocycles. The SMILES string of the molecule is C[C@H]1C2C(C3CCC(N(C)C)CC3)CCC(O)C2C(O)C2C(O)[C@]3(O)C(=O)C(C(N)=O)=C(O)C[C@@H]3[C@@H](O)[C@@H]21. The van der Waals surface area contributed by atoms with Crippen LogP contribution < -0.4 is 5.73 Å². The standard InChI is InChI=1S/C28H44N2O8/c1-11-18-14(12-4-6-13(7-5-12)30(2)3)8-9-16(31)20(18)24(34)22-19(11)23(33)15-10-17(32)21(27(29)37)25(35)28(15,38)26(22)36/h11-16,18-20,22-24,26,31-34,36,38H,4-10H2,1-3H3,(H2,29,37)/t11-,12?,13?,14?,15+,16?,18?,19+,20?,22?,23+,24?,26?,28+/m0/s1. The van der Waals surface area contributed by atoms with Crippen LogP contribution in [-0.4, -0.2) is 97.4 Å². The first-order valence-electron chi connectivity index (χ1n) is 14.2. The summed E-state index contributed by atoms with van der Waals surface area (Å²) in [6, 6.07) is 0.540. The lowest BCUT2D eigenvalue weighted by Crippen LogP contribution is -2.75. The molecule has 8 N–H and O–H groups in total. The molecule has 0 heterocycles. The molecule has 12 atom stereocenters. The fraction of sp³-hybridized carbons (Fsp3) is 0.857. The Bertz CT molecular complexity index is 993. The first-order chi connectivity index (χ1) is 17.8. The van der Waals surface area contributed by atoms with Crippen molar-refractivity contribution in [2.45, 2.75) is 87.9 Å². The summed E-state index contributed by atoms with van der Waals surface area (Å²) in [6.07, 6.45) is 0.0267. The molecule has 4 fully saturated rings. The molecule has 5 aliphatic carbocycles. The van der Waals surface area contributed by atoms with Crippen LogP contribution in [0.1, 0.15) is 51.9 Å². The highest BCUT2D eigenvalue weighted by Gasteiger charge is 2.70. The number of amides is 1. The lowest BCUT2D eigenvalue weighted by atomic mass is 9.44. The van der Waals surface area contributed by atoms with E-state index < -0.39 is 76.7 Å². The number of nitrogens with two attached hydrogens (primary N) is 1. The summed E-state index contributed by atoms with van der Waals surface area (Å²) in [5.74, 6) is -6.33. The molecular formula is C28H44N2O8. The summed E-state index contributed by atoms with van der Waals surface area (Å²) >= 11 is 0. The van der Waals surface area contributed by atoms with Gasteiger partial charge in [0.25, 0.3) is 5.91 Å². The number of Topliss-reactive ketones (excluding diaryl/α,β-unsaturated/α-hetero) is 1. The Morgan fingerprint density at radius 3 is 2.13 bits per heavy atom. The Morgan fingerprint density at radius 2 is 1.55 bits per heavy atom. The number of hydrogen-bond donors (Lipinski definition) is 7. The van der Waals surface area contributed by atoms with Crippen molar-refractivity contribution < 1.29 is 40.2 Å². The normalized spacial score (nSPS) is 51.3. The highest BCUT2D eigenvalue weighted by Crippen LogP contribution is 2.60. The number of nitrogens with zero attached hydrogens (tertiary/aromatic N) is 1. The molecule has 10 nitrogen and oxygen atoms in total. The highest BCUT2D eigenvalue weighted by molar-refractivity contribution is 6.23. The molecule has 0 aromatic rings. The van der Waals surface area contributed by atoms with Gasteiger partial charge in [0.1, 0.15) is 11.3 Å². The number of rotatable bonds is 3. The van der Waals surface area contributed by atoms with E-state index in [2.05, 4.69) is 19.0 Å². The molecule has 5 aliphatic rings. The highest BCUT2D eigenvalue weighted by atomic mass is 16.4. The Balaban J connectivity index is 1.50. The number of aliphatic hydroxyl groups is 6. The fourth-order valence-electron chi connectivity index (χ4n) is 9.63. The number of primary amides is 1. The third kappa shape index (κ3) is 3.89. The molecule has 0 bridgehead atoms. The summed E-state index contributed by atoms with van der Waals surface area (Å²) in [4.78, 5) is 27.4. The van der Waals surface area contributed by atoms with Gasteiger partial charge in [-0.2, -0.15) is 0 Å². The minimum atomic E-state index is -2.59. The monoisotopic (exact) mass is 536 g/mol. The third-order valence-corrected chi connectivity index (χ3v) is 11.4. The van der Waals surface area contributed by atoms with E-state index in [0.29, 0.717) is 18.4 Å². The largest absolute Gasteiger partial charge is 0.511 e. The zero-order valence-corrected chi connectivity index (χ0v) is 22.5. The molecule has 0 radical (unpaired) electrons. The average molecular weight is 537 g/mol. The van der Waals surface area contributed by atoms with Crippen LogP contribution in [0, 0.1) is 47.3 Å². The van der Waals surface area contributed by atoms with Crippen LogP contribution in [-0.2, 0) is 9.59 Å². The number of ketones is 1. The second kappa shape index (κ2) is 9.82. The molecule has 0 aromatic heterocycles. The summed E-state index contributed by atoms with van der Waals surface area (Å²) in [7, 11) is 4.20. The Kier molecular flexibility index (Phi) is 7.23. The van der Waals surface area contributed by atoms with Crippen LogP contribution in [0.2, 0.25) is 0 Å². The first-order valence-corrected chi connectivity index (χ1v) is 14.2. The van der Waals surface area contributed by atoms with E-state index in [1.165, 1.54) is 0 Å². The molecule has 214 valence electrons. The predicted octanol–water partition coefficient (Wildman–Crippen LogP) is -0.294. The topological polar surface area (TPSA) is 185 Å². The van der Waals surface area contributed by atoms with Crippen LogP contribution in [0.5, 0.6) is 0 Å². The van der Waals surface area contributed by atoms with Gasteiger partial charge in [-0.25, -0.2) is 0 Å². The summed E-state index contributed by atoms with van der Waals surface area (Å²) < 4.78 is 0. The van der Waals surface area contributed by atoms with Crippen LogP contribution in [0.4, 0.5) is 0 Å². The van der Waals surface area contributed by atoms with Crippen molar-refractivity contribution in [1.29, 1.82) is 0 Å². The fourth-order valence-corrected chi connectivity index (χ4v) is 9.63. The number of carbonyl (C=O) groups excluding carboxylic acids is 2. The summed E-state index contributed by atoms with van der Waals surface area (Å²) in [5.41, 5.74) is 1.92. The van der Waals surface area contributed by atoms with Gasteiger partial charge in [0.2, 0.25) is 5.78 Å². The molecule has 4 saturated carbocycles. The number of allylic oxidation sites excluding steroid dienone is 1. The Morgan fingerprint density at radius 1 is 0.921 bits per heavy atom. The van der Waals surface area contributed by atoms with Crippen LogP contribution in [0.25, 0.3) is 0 Å². The van der Waals surface area contributed by atoms with Crippen molar-refractivity contribution in [2.24, 2.45) is 53.1 Å². The molecule has 0 aromatic carbocycles. The first kappa shape index (κ1) is 28.0. The van der Waals surface area contributed by atoms with Crippen LogP contribution >= 0.6 is 0 Å². The minimum absolute atomic E-state index is 0.103. The molecule has 7 unspecified atom stereocenters. The number of carbonyl (C=O) groups is 2. The average Bonchev–Trinajstić information content (AvgIpc) is 2.86. The maximum atomic E-state index is 13.3. The van der Waals surface area contributed by atoms with Crippen molar-refractivity contribution in [2.75, 3.05) is 14.1 Å². The molecule has 10 heteroatoms. The lowest BCUT2D eigenvalue weighted by molar-refractivity contribution is -0.272. The van der Waals surface area contributed by atoms with Gasteiger partial charge in [0.05, 0.1) is 24.4 Å². The molecule has 1 amide bonds. The van der Waals surface area contributed by atoms with Gasteiger partial charge in [-0.05, 0) is 82.2 Å². The van der Waals surface area contributed by atoms with Gasteiger partial charge < -0.3 is 41.3 Å². The molecule has 0 saturated heterocycles. The number of fused-ring (bicyclic) bond motifs is 3. The number of hydrogen-bond acceptors (Lipinski definition) is 9. The van der Waals surface area contributed by atoms with Gasteiger partial charge in [-0.15, -0.1) is 0 Å². The van der Waals surface area contributed by atoms with Crippen molar-refractivity contribution in [1.82, 2.24) is 4.90 Å². The second-order valence-corrected chi connectivity index (χ2v) is 13.1. The van der Waals surface area contributed by atoms with Gasteiger partial charge in [-0.1, -0.05) is 6.92 Å². The van der Waals surface area contributed by atoms with Crippen LogP contribution in [0.15, 0.2) is 11.3 Å². The van der Waals surface area contributed by atoms with Crippen molar-refractivity contribution in [3.63, 3.8) is 0 Å². The molecule has 38 heavy (non-hydrogen) atoms. The maximum Gasteiger partial charge on any atom is 0.255 e. The lowest BCUT2D eigenvalue weighted by Gasteiger charge is -2.63. The molecule has 0 spiro atoms.